The van der Waals surface area contributed by atoms with Gasteiger partial charge >= 0.3 is 5.97 Å². The Balaban J connectivity index is 1.93. The van der Waals surface area contributed by atoms with Gasteiger partial charge in [0, 0.05) is 6.54 Å². The predicted molar refractivity (Wildman–Crippen MR) is 78.7 cm³/mol. The van der Waals surface area contributed by atoms with Gasteiger partial charge in [0.1, 0.15) is 6.54 Å². The minimum absolute atomic E-state index is 0.00770. The van der Waals surface area contributed by atoms with Crippen molar-refractivity contribution in [3.05, 3.63) is 41.6 Å². The van der Waals surface area contributed by atoms with Crippen LogP contribution in [0.3, 0.4) is 0 Å². The average Bonchev–Trinajstić information content (AvgIpc) is 2.88. The molecule has 0 unspecified atom stereocenters. The molecule has 2 aromatic rings. The van der Waals surface area contributed by atoms with E-state index in [0.717, 1.165) is 10.2 Å². The van der Waals surface area contributed by atoms with E-state index in [1.165, 1.54) is 0 Å². The summed E-state index contributed by atoms with van der Waals surface area (Å²) in [5, 5.41) is 10.1. The minimum Gasteiger partial charge on any atom is -0.461 e. The van der Waals surface area contributed by atoms with Crippen molar-refractivity contribution in [3.8, 4) is 0 Å². The lowest BCUT2D eigenvalue weighted by Crippen LogP contribution is -2.28. The van der Waals surface area contributed by atoms with Crippen LogP contribution in [0.2, 0.25) is 0 Å². The lowest BCUT2D eigenvalue weighted by molar-refractivity contribution is -0.122. The van der Waals surface area contributed by atoms with E-state index in [2.05, 4.69) is 15.6 Å². The van der Waals surface area contributed by atoms with Crippen LogP contribution in [0.4, 0.5) is 5.82 Å². The number of esters is 1. The summed E-state index contributed by atoms with van der Waals surface area (Å²) in [4.78, 5) is 23.4. The quantitative estimate of drug-likeness (QED) is 0.745. The van der Waals surface area contributed by atoms with Gasteiger partial charge in [-0.05, 0) is 12.5 Å². The van der Waals surface area contributed by atoms with E-state index in [4.69, 9.17) is 10.5 Å². The summed E-state index contributed by atoms with van der Waals surface area (Å²) in [7, 11) is 0. The van der Waals surface area contributed by atoms with Crippen LogP contribution in [-0.4, -0.2) is 33.5 Å². The molecule has 0 aliphatic carbocycles. The SMILES string of the molecule is CCOC(=O)c1nnn(CC(=O)NCc2ccccc2)c1N. The Morgan fingerprint density at radius 1 is 1.32 bits per heavy atom. The maximum atomic E-state index is 11.9. The largest absolute Gasteiger partial charge is 0.461 e. The molecule has 1 heterocycles. The maximum Gasteiger partial charge on any atom is 0.362 e. The molecule has 1 aromatic carbocycles. The van der Waals surface area contributed by atoms with Crippen molar-refractivity contribution in [1.29, 1.82) is 0 Å². The summed E-state index contributed by atoms with van der Waals surface area (Å²) < 4.78 is 5.96. The van der Waals surface area contributed by atoms with Gasteiger partial charge in [0.25, 0.3) is 0 Å². The molecule has 8 nitrogen and oxygen atoms in total. The molecule has 0 aliphatic rings. The lowest BCUT2D eigenvalue weighted by atomic mass is 10.2. The molecule has 0 aliphatic heterocycles. The van der Waals surface area contributed by atoms with Crippen molar-refractivity contribution in [2.45, 2.75) is 20.0 Å². The Bertz CT molecular complexity index is 654. The molecule has 0 saturated heterocycles. The molecule has 2 rings (SSSR count). The maximum absolute atomic E-state index is 11.9. The molecule has 22 heavy (non-hydrogen) atoms. The van der Waals surface area contributed by atoms with Crippen molar-refractivity contribution < 1.29 is 14.3 Å². The van der Waals surface area contributed by atoms with Gasteiger partial charge in [-0.3, -0.25) is 4.79 Å². The number of rotatable bonds is 6. The Labute approximate surface area is 127 Å². The van der Waals surface area contributed by atoms with Crippen LogP contribution in [0.15, 0.2) is 30.3 Å². The zero-order chi connectivity index (χ0) is 15.9. The van der Waals surface area contributed by atoms with Crippen molar-refractivity contribution in [1.82, 2.24) is 20.3 Å². The van der Waals surface area contributed by atoms with E-state index in [-0.39, 0.29) is 30.6 Å². The Morgan fingerprint density at radius 3 is 2.73 bits per heavy atom. The normalized spacial score (nSPS) is 10.2. The number of amides is 1. The molecule has 0 saturated carbocycles. The van der Waals surface area contributed by atoms with Crippen LogP contribution in [0, 0.1) is 0 Å². The number of benzene rings is 1. The second kappa shape index (κ2) is 7.21. The molecule has 8 heteroatoms. The van der Waals surface area contributed by atoms with Gasteiger partial charge in [-0.25, -0.2) is 9.48 Å². The predicted octanol–water partition coefficient (Wildman–Crippen LogP) is 0.353. The highest BCUT2D eigenvalue weighted by Crippen LogP contribution is 2.09. The van der Waals surface area contributed by atoms with Gasteiger partial charge in [-0.15, -0.1) is 5.10 Å². The number of nitrogen functional groups attached to an aromatic ring is 1. The molecule has 1 aromatic heterocycles. The van der Waals surface area contributed by atoms with Gasteiger partial charge in [0.05, 0.1) is 6.61 Å². The molecular weight excluding hydrogens is 286 g/mol. The van der Waals surface area contributed by atoms with Crippen LogP contribution in [0.25, 0.3) is 0 Å². The third-order valence-corrected chi connectivity index (χ3v) is 2.87. The lowest BCUT2D eigenvalue weighted by Gasteiger charge is -2.06. The second-order valence-corrected chi connectivity index (χ2v) is 4.46. The summed E-state index contributed by atoms with van der Waals surface area (Å²) in [5.41, 5.74) is 6.64. The van der Waals surface area contributed by atoms with Crippen molar-refractivity contribution >= 4 is 17.7 Å². The summed E-state index contributed by atoms with van der Waals surface area (Å²) in [6.45, 7) is 2.17. The summed E-state index contributed by atoms with van der Waals surface area (Å²) >= 11 is 0. The molecule has 0 radical (unpaired) electrons. The number of anilines is 1. The van der Waals surface area contributed by atoms with E-state index in [9.17, 15) is 9.59 Å². The number of hydrogen-bond acceptors (Lipinski definition) is 6. The van der Waals surface area contributed by atoms with Crippen molar-refractivity contribution in [3.63, 3.8) is 0 Å². The molecule has 0 spiro atoms. The van der Waals surface area contributed by atoms with Gasteiger partial charge in [0.2, 0.25) is 11.6 Å². The van der Waals surface area contributed by atoms with Gasteiger partial charge in [-0.1, -0.05) is 35.5 Å². The Hall–Kier alpha value is -2.90. The highest BCUT2D eigenvalue weighted by molar-refractivity contribution is 5.92. The van der Waals surface area contributed by atoms with E-state index in [1.807, 2.05) is 30.3 Å². The number of aromatic nitrogens is 3. The zero-order valence-corrected chi connectivity index (χ0v) is 12.2. The molecule has 1 amide bonds. The Morgan fingerprint density at radius 2 is 2.05 bits per heavy atom. The number of carbonyl (C=O) groups excluding carboxylic acids is 2. The standard InChI is InChI=1S/C14H17N5O3/c1-2-22-14(21)12-13(15)19(18-17-12)9-11(20)16-8-10-6-4-3-5-7-10/h3-7H,2,8-9,15H2,1H3,(H,16,20). The second-order valence-electron chi connectivity index (χ2n) is 4.46. The summed E-state index contributed by atoms with van der Waals surface area (Å²) in [5.74, 6) is -0.930. The fourth-order valence-electron chi connectivity index (χ4n) is 1.77. The first kappa shape index (κ1) is 15.5. The number of hydrogen-bond donors (Lipinski definition) is 2. The summed E-state index contributed by atoms with van der Waals surface area (Å²) in [6.07, 6.45) is 0. The first-order chi connectivity index (χ1) is 10.6. The molecular formula is C14H17N5O3. The topological polar surface area (TPSA) is 112 Å². The fraction of sp³-hybridized carbons (Fsp3) is 0.286. The summed E-state index contributed by atoms with van der Waals surface area (Å²) in [6, 6.07) is 9.50. The molecule has 0 fully saturated rings. The highest BCUT2D eigenvalue weighted by Gasteiger charge is 2.19. The number of carbonyl (C=O) groups is 2. The number of nitrogens with one attached hydrogen (secondary N) is 1. The smallest absolute Gasteiger partial charge is 0.362 e. The van der Waals surface area contributed by atoms with Crippen LogP contribution in [0.5, 0.6) is 0 Å². The Kier molecular flexibility index (Phi) is 5.07. The molecule has 3 N–H and O–H groups in total. The zero-order valence-electron chi connectivity index (χ0n) is 12.2. The van der Waals surface area contributed by atoms with E-state index >= 15 is 0 Å². The van der Waals surface area contributed by atoms with E-state index in [0.29, 0.717) is 6.54 Å². The first-order valence-electron chi connectivity index (χ1n) is 6.78. The van der Waals surface area contributed by atoms with Crippen molar-refractivity contribution in [2.24, 2.45) is 0 Å². The molecule has 0 bridgehead atoms. The third-order valence-electron chi connectivity index (χ3n) is 2.87. The van der Waals surface area contributed by atoms with Crippen LogP contribution in [0.1, 0.15) is 23.0 Å². The molecule has 0 atom stereocenters. The fourth-order valence-corrected chi connectivity index (χ4v) is 1.77. The number of nitrogens with zero attached hydrogens (tertiary/aromatic N) is 3. The van der Waals surface area contributed by atoms with E-state index in [1.54, 1.807) is 6.92 Å². The van der Waals surface area contributed by atoms with Gasteiger partial charge in [0.15, 0.2) is 5.82 Å². The third kappa shape index (κ3) is 3.81. The minimum atomic E-state index is -0.657. The van der Waals surface area contributed by atoms with Crippen LogP contribution >= 0.6 is 0 Å². The van der Waals surface area contributed by atoms with Gasteiger partial charge in [-0.2, -0.15) is 0 Å². The molecule has 116 valence electrons. The first-order valence-corrected chi connectivity index (χ1v) is 6.78. The monoisotopic (exact) mass is 303 g/mol. The van der Waals surface area contributed by atoms with E-state index < -0.39 is 5.97 Å². The van der Waals surface area contributed by atoms with Crippen LogP contribution < -0.4 is 11.1 Å². The van der Waals surface area contributed by atoms with Crippen LogP contribution in [-0.2, 0) is 22.6 Å². The average molecular weight is 303 g/mol. The number of nitrogens with two attached hydrogens (primary N) is 1. The number of ether oxygens (including phenoxy) is 1. The van der Waals surface area contributed by atoms with Crippen molar-refractivity contribution in [2.75, 3.05) is 12.3 Å². The highest BCUT2D eigenvalue weighted by atomic mass is 16.5. The van der Waals surface area contributed by atoms with Gasteiger partial charge < -0.3 is 15.8 Å².